The number of nitrogens with zero attached hydrogens (tertiary/aromatic N) is 1. The van der Waals surface area contributed by atoms with Crippen LogP contribution in [0.1, 0.15) is 6.92 Å². The van der Waals surface area contributed by atoms with Crippen LogP contribution in [0.2, 0.25) is 0 Å². The van der Waals surface area contributed by atoms with Crippen LogP contribution in [0.5, 0.6) is 0 Å². The maximum absolute atomic E-state index is 10.4. The topological polar surface area (TPSA) is 52.6 Å². The summed E-state index contributed by atoms with van der Waals surface area (Å²) in [6, 6.07) is 0.441. The fourth-order valence-corrected chi connectivity index (χ4v) is 1.20. The van der Waals surface area contributed by atoms with Crippen LogP contribution in [-0.4, -0.2) is 48.2 Å². The first-order chi connectivity index (χ1) is 5.24. The number of carboxylic acids is 1. The van der Waals surface area contributed by atoms with Gasteiger partial charge in [-0.15, -0.1) is 0 Å². The van der Waals surface area contributed by atoms with Crippen LogP contribution in [0, 0.1) is 0 Å². The number of hydrogen-bond acceptors (Lipinski definition) is 3. The molecule has 1 rings (SSSR count). The normalized spacial score (nSPS) is 18.4. The molecule has 0 saturated carbocycles. The summed E-state index contributed by atoms with van der Waals surface area (Å²) >= 11 is 0. The Morgan fingerprint density at radius 1 is 1.73 bits per heavy atom. The maximum atomic E-state index is 10.4. The van der Waals surface area contributed by atoms with E-state index in [0.29, 0.717) is 6.04 Å². The highest BCUT2D eigenvalue weighted by Crippen LogP contribution is 2.03. The molecular weight excluding hydrogens is 144 g/mol. The predicted molar refractivity (Wildman–Crippen MR) is 41.5 cm³/mol. The zero-order valence-electron chi connectivity index (χ0n) is 6.71. The van der Waals surface area contributed by atoms with E-state index in [-0.39, 0.29) is 6.54 Å². The summed E-state index contributed by atoms with van der Waals surface area (Å²) in [4.78, 5) is 12.3. The van der Waals surface area contributed by atoms with E-state index in [1.165, 1.54) is 0 Å². The lowest BCUT2D eigenvalue weighted by atomic mass is 10.1. The Morgan fingerprint density at radius 3 is 2.64 bits per heavy atom. The second-order valence-electron chi connectivity index (χ2n) is 2.77. The van der Waals surface area contributed by atoms with Crippen molar-refractivity contribution < 1.29 is 9.90 Å². The van der Waals surface area contributed by atoms with Crippen LogP contribution in [-0.2, 0) is 4.79 Å². The molecule has 0 aromatic carbocycles. The Hall–Kier alpha value is -0.610. The predicted octanol–water partition coefficient (Wildman–Crippen LogP) is -0.635. The monoisotopic (exact) mass is 158 g/mol. The van der Waals surface area contributed by atoms with Crippen LogP contribution in [0.15, 0.2) is 0 Å². The number of rotatable bonds is 4. The van der Waals surface area contributed by atoms with Crippen molar-refractivity contribution in [3.8, 4) is 0 Å². The summed E-state index contributed by atoms with van der Waals surface area (Å²) in [5.74, 6) is -0.737. The van der Waals surface area contributed by atoms with Crippen LogP contribution in [0.4, 0.5) is 0 Å². The van der Waals surface area contributed by atoms with Crippen molar-refractivity contribution in [1.29, 1.82) is 0 Å². The van der Waals surface area contributed by atoms with E-state index in [9.17, 15) is 4.79 Å². The summed E-state index contributed by atoms with van der Waals surface area (Å²) in [6.07, 6.45) is 0. The minimum Gasteiger partial charge on any atom is -0.480 e. The Bertz CT molecular complexity index is 145. The molecule has 0 aromatic heterocycles. The van der Waals surface area contributed by atoms with Crippen LogP contribution >= 0.6 is 0 Å². The second kappa shape index (κ2) is 3.69. The molecule has 4 nitrogen and oxygen atoms in total. The Kier molecular flexibility index (Phi) is 2.84. The van der Waals surface area contributed by atoms with Gasteiger partial charge >= 0.3 is 5.97 Å². The molecule has 0 unspecified atom stereocenters. The smallest absolute Gasteiger partial charge is 0.317 e. The first-order valence-electron chi connectivity index (χ1n) is 3.90. The third-order valence-corrected chi connectivity index (χ3v) is 2.02. The summed E-state index contributed by atoms with van der Waals surface area (Å²) in [6.45, 7) is 4.84. The third kappa shape index (κ3) is 2.17. The summed E-state index contributed by atoms with van der Waals surface area (Å²) < 4.78 is 0. The lowest BCUT2D eigenvalue weighted by Gasteiger charge is -2.36. The van der Waals surface area contributed by atoms with Crippen LogP contribution in [0.25, 0.3) is 0 Å². The van der Waals surface area contributed by atoms with E-state index in [2.05, 4.69) is 5.32 Å². The van der Waals surface area contributed by atoms with E-state index in [1.807, 2.05) is 11.8 Å². The molecule has 4 heteroatoms. The van der Waals surface area contributed by atoms with E-state index in [1.54, 1.807) is 0 Å². The molecule has 1 heterocycles. The molecule has 0 aliphatic carbocycles. The number of carbonyl (C=O) groups is 1. The van der Waals surface area contributed by atoms with Crippen molar-refractivity contribution in [2.24, 2.45) is 0 Å². The van der Waals surface area contributed by atoms with Gasteiger partial charge in [0.05, 0.1) is 6.54 Å². The first-order valence-corrected chi connectivity index (χ1v) is 3.90. The van der Waals surface area contributed by atoms with Gasteiger partial charge in [-0.1, -0.05) is 6.92 Å². The zero-order valence-corrected chi connectivity index (χ0v) is 6.71. The van der Waals surface area contributed by atoms with Crippen molar-refractivity contribution in [2.45, 2.75) is 13.0 Å². The first kappa shape index (κ1) is 8.49. The second-order valence-corrected chi connectivity index (χ2v) is 2.77. The van der Waals surface area contributed by atoms with Gasteiger partial charge in [0, 0.05) is 19.1 Å². The fourth-order valence-electron chi connectivity index (χ4n) is 1.20. The van der Waals surface area contributed by atoms with Crippen molar-refractivity contribution in [3.63, 3.8) is 0 Å². The van der Waals surface area contributed by atoms with Gasteiger partial charge in [0.15, 0.2) is 0 Å². The van der Waals surface area contributed by atoms with Gasteiger partial charge in [-0.05, 0) is 6.54 Å². The maximum Gasteiger partial charge on any atom is 0.317 e. The number of likely N-dealkylation sites (N-methyl/N-ethyl adjacent to an activating group) is 1. The van der Waals surface area contributed by atoms with Gasteiger partial charge < -0.3 is 10.4 Å². The van der Waals surface area contributed by atoms with Gasteiger partial charge in [-0.2, -0.15) is 0 Å². The Morgan fingerprint density at radius 2 is 2.36 bits per heavy atom. The molecule has 1 aliphatic rings. The van der Waals surface area contributed by atoms with Crippen molar-refractivity contribution in [3.05, 3.63) is 0 Å². The van der Waals surface area contributed by atoms with Crippen molar-refractivity contribution >= 4 is 5.97 Å². The molecule has 2 N–H and O–H groups in total. The minimum atomic E-state index is -0.737. The highest BCUT2D eigenvalue weighted by atomic mass is 16.4. The molecule has 1 aliphatic heterocycles. The van der Waals surface area contributed by atoms with E-state index < -0.39 is 5.97 Å². The van der Waals surface area contributed by atoms with Gasteiger partial charge in [0.25, 0.3) is 0 Å². The molecule has 1 fully saturated rings. The molecule has 0 amide bonds. The molecule has 0 radical (unpaired) electrons. The highest BCUT2D eigenvalue weighted by molar-refractivity contribution is 5.69. The largest absolute Gasteiger partial charge is 0.480 e. The average molecular weight is 158 g/mol. The minimum absolute atomic E-state index is 0.169. The fraction of sp³-hybridized carbons (Fsp3) is 0.857. The van der Waals surface area contributed by atoms with E-state index in [4.69, 9.17) is 5.11 Å². The number of carboxylic acid groups (broad SMARTS) is 1. The van der Waals surface area contributed by atoms with E-state index >= 15 is 0 Å². The molecule has 0 aromatic rings. The molecule has 0 atom stereocenters. The van der Waals surface area contributed by atoms with Gasteiger partial charge in [0.1, 0.15) is 0 Å². The number of aliphatic carboxylic acids is 1. The van der Waals surface area contributed by atoms with Gasteiger partial charge in [-0.3, -0.25) is 9.69 Å². The number of hydrogen-bond donors (Lipinski definition) is 2. The van der Waals surface area contributed by atoms with E-state index in [0.717, 1.165) is 19.6 Å². The van der Waals surface area contributed by atoms with Gasteiger partial charge in [0.2, 0.25) is 0 Å². The Labute approximate surface area is 66.2 Å². The SMILES string of the molecule is CCN(CC(=O)O)C1CNC1. The molecule has 0 bridgehead atoms. The molecular formula is C7H14N2O2. The molecule has 11 heavy (non-hydrogen) atoms. The van der Waals surface area contributed by atoms with Crippen molar-refractivity contribution in [2.75, 3.05) is 26.2 Å². The molecule has 64 valence electrons. The lowest BCUT2D eigenvalue weighted by molar-refractivity contribution is -0.139. The standard InChI is InChI=1S/C7H14N2O2/c1-2-9(5-7(10)11)6-3-8-4-6/h6,8H,2-5H2,1H3,(H,10,11). The zero-order chi connectivity index (χ0) is 8.27. The summed E-state index contributed by atoms with van der Waals surface area (Å²) in [5.41, 5.74) is 0. The lowest BCUT2D eigenvalue weighted by Crippen LogP contribution is -2.58. The summed E-state index contributed by atoms with van der Waals surface area (Å²) in [7, 11) is 0. The van der Waals surface area contributed by atoms with Crippen LogP contribution in [0.3, 0.4) is 0 Å². The quantitative estimate of drug-likeness (QED) is 0.571. The molecule has 0 spiro atoms. The third-order valence-electron chi connectivity index (χ3n) is 2.02. The summed E-state index contributed by atoms with van der Waals surface area (Å²) in [5, 5.41) is 11.6. The van der Waals surface area contributed by atoms with Crippen LogP contribution < -0.4 is 5.32 Å². The Balaban J connectivity index is 2.29. The van der Waals surface area contributed by atoms with Crippen molar-refractivity contribution in [1.82, 2.24) is 10.2 Å². The highest BCUT2D eigenvalue weighted by Gasteiger charge is 2.24. The average Bonchev–Trinajstić information content (AvgIpc) is 1.81. The van der Waals surface area contributed by atoms with Gasteiger partial charge in [-0.25, -0.2) is 0 Å². The molecule has 1 saturated heterocycles. The number of nitrogens with one attached hydrogen (secondary N) is 1.